The summed E-state index contributed by atoms with van der Waals surface area (Å²) in [4.78, 5) is 8.26. The molecule has 0 N–H and O–H groups in total. The van der Waals surface area contributed by atoms with E-state index in [0.717, 1.165) is 39.3 Å². The van der Waals surface area contributed by atoms with Gasteiger partial charge in [0.15, 0.2) is 21.3 Å². The molecule has 3 aromatic heterocycles. The fourth-order valence-electron chi connectivity index (χ4n) is 3.04. The highest BCUT2D eigenvalue weighted by Crippen LogP contribution is 2.35. The maximum Gasteiger partial charge on any atom is 0.435 e. The first-order valence-corrected chi connectivity index (χ1v) is 11.7. The first-order chi connectivity index (χ1) is 14.5. The minimum absolute atomic E-state index is 0.0374. The van der Waals surface area contributed by atoms with Gasteiger partial charge in [-0.05, 0) is 36.8 Å². The van der Waals surface area contributed by atoms with Crippen molar-refractivity contribution in [2.75, 3.05) is 6.26 Å². The molecular weight excluding hydrogens is 449 g/mol. The molecule has 0 unspecified atom stereocenters. The van der Waals surface area contributed by atoms with Gasteiger partial charge in [-0.3, -0.25) is 0 Å². The molecule has 0 atom stereocenters. The molecule has 4 rings (SSSR count). The number of aromatic nitrogens is 4. The second-order valence-corrected chi connectivity index (χ2v) is 9.73. The number of pyridine rings is 1. The van der Waals surface area contributed by atoms with Crippen molar-refractivity contribution in [3.8, 4) is 27.6 Å². The molecule has 4 aromatic rings. The number of nitrogens with zero attached hydrogens (tertiary/aromatic N) is 4. The van der Waals surface area contributed by atoms with Gasteiger partial charge in [-0.25, -0.2) is 23.1 Å². The first kappa shape index (κ1) is 21.2. The van der Waals surface area contributed by atoms with Crippen molar-refractivity contribution < 1.29 is 21.6 Å². The van der Waals surface area contributed by atoms with E-state index in [-0.39, 0.29) is 16.4 Å². The van der Waals surface area contributed by atoms with Crippen molar-refractivity contribution in [2.45, 2.75) is 18.0 Å². The van der Waals surface area contributed by atoms with Crippen molar-refractivity contribution >= 4 is 21.2 Å². The van der Waals surface area contributed by atoms with E-state index in [1.54, 1.807) is 24.4 Å². The molecule has 11 heteroatoms. The number of aryl methyl sites for hydroxylation is 1. The van der Waals surface area contributed by atoms with Crippen molar-refractivity contribution in [1.82, 2.24) is 19.7 Å². The summed E-state index contributed by atoms with van der Waals surface area (Å²) in [5.74, 6) is 0.0690. The Morgan fingerprint density at radius 1 is 1.06 bits per heavy atom. The molecule has 160 valence electrons. The molecule has 31 heavy (non-hydrogen) atoms. The molecule has 6 nitrogen and oxygen atoms in total. The molecule has 3 heterocycles. The van der Waals surface area contributed by atoms with Crippen LogP contribution in [0.4, 0.5) is 13.2 Å². The van der Waals surface area contributed by atoms with Gasteiger partial charge in [-0.1, -0.05) is 12.1 Å². The monoisotopic (exact) mass is 464 g/mol. The van der Waals surface area contributed by atoms with Gasteiger partial charge in [0.1, 0.15) is 5.01 Å². The Labute approximate surface area is 180 Å². The van der Waals surface area contributed by atoms with Crippen LogP contribution in [0.5, 0.6) is 0 Å². The van der Waals surface area contributed by atoms with Gasteiger partial charge in [-0.2, -0.15) is 18.3 Å². The summed E-state index contributed by atoms with van der Waals surface area (Å²) in [6, 6.07) is 8.81. The van der Waals surface area contributed by atoms with E-state index in [1.165, 1.54) is 23.5 Å². The van der Waals surface area contributed by atoms with Crippen LogP contribution >= 0.6 is 11.3 Å². The molecule has 0 radical (unpaired) electrons. The number of thiazole rings is 1. The van der Waals surface area contributed by atoms with Crippen LogP contribution in [-0.2, 0) is 16.0 Å². The van der Waals surface area contributed by atoms with Crippen LogP contribution in [0.15, 0.2) is 59.1 Å². The highest BCUT2D eigenvalue weighted by molar-refractivity contribution is 7.90. The van der Waals surface area contributed by atoms with Crippen molar-refractivity contribution in [3.05, 3.63) is 65.4 Å². The highest BCUT2D eigenvalue weighted by atomic mass is 32.2. The van der Waals surface area contributed by atoms with Crippen molar-refractivity contribution in [1.29, 1.82) is 0 Å². The minimum atomic E-state index is -4.65. The Morgan fingerprint density at radius 2 is 1.84 bits per heavy atom. The van der Waals surface area contributed by atoms with Crippen LogP contribution in [0.2, 0.25) is 0 Å². The normalized spacial score (nSPS) is 12.3. The summed E-state index contributed by atoms with van der Waals surface area (Å²) in [6.07, 6.45) is -0.843. The predicted molar refractivity (Wildman–Crippen MR) is 111 cm³/mol. The number of rotatable bonds is 4. The maximum atomic E-state index is 13.4. The summed E-state index contributed by atoms with van der Waals surface area (Å²) in [5.41, 5.74) is 1.35. The molecule has 0 saturated heterocycles. The van der Waals surface area contributed by atoms with Gasteiger partial charge in [-0.15, -0.1) is 11.3 Å². The lowest BCUT2D eigenvalue weighted by atomic mass is 10.0. The van der Waals surface area contributed by atoms with E-state index in [2.05, 4.69) is 15.1 Å². The second kappa shape index (κ2) is 7.57. The Kier molecular flexibility index (Phi) is 5.18. The number of alkyl halides is 3. The van der Waals surface area contributed by atoms with E-state index in [4.69, 9.17) is 0 Å². The Bertz CT molecular complexity index is 1340. The van der Waals surface area contributed by atoms with Crippen LogP contribution in [-0.4, -0.2) is 34.4 Å². The number of hydrogen-bond acceptors (Lipinski definition) is 6. The zero-order valence-electron chi connectivity index (χ0n) is 16.3. The second-order valence-electron chi connectivity index (χ2n) is 6.82. The summed E-state index contributed by atoms with van der Waals surface area (Å²) >= 11 is 1.47. The number of hydrogen-bond donors (Lipinski definition) is 0. The SMILES string of the molecule is Cc1cc(-c2cc(C(F)(F)F)nn2-c2ccc(S(C)(=O)=O)cn2)ccc1-c1nccs1. The molecule has 1 aromatic carbocycles. The maximum absolute atomic E-state index is 13.4. The van der Waals surface area contributed by atoms with Gasteiger partial charge < -0.3 is 0 Å². The lowest BCUT2D eigenvalue weighted by Crippen LogP contribution is -2.08. The third kappa shape index (κ3) is 4.23. The smallest absolute Gasteiger partial charge is 0.245 e. The molecule has 0 fully saturated rings. The zero-order chi connectivity index (χ0) is 22.4. The van der Waals surface area contributed by atoms with E-state index >= 15 is 0 Å². The average molecular weight is 464 g/mol. The first-order valence-electron chi connectivity index (χ1n) is 8.88. The standard InChI is InChI=1S/C20H15F3N4O2S2/c1-12-9-13(3-5-15(12)19-24-7-8-30-19)16-10-17(20(21,22)23)26-27(16)18-6-4-14(11-25-18)31(2,28)29/h3-11H,1-2H3. The molecule has 0 spiro atoms. The summed E-state index contributed by atoms with van der Waals surface area (Å²) in [6.45, 7) is 1.85. The van der Waals surface area contributed by atoms with Crippen molar-refractivity contribution in [2.24, 2.45) is 0 Å². The molecule has 0 aliphatic rings. The molecule has 0 aliphatic heterocycles. The summed E-state index contributed by atoms with van der Waals surface area (Å²) < 4.78 is 64.5. The summed E-state index contributed by atoms with van der Waals surface area (Å²) in [5, 5.41) is 6.35. The molecule has 0 saturated carbocycles. The average Bonchev–Trinajstić information content (AvgIpc) is 3.37. The van der Waals surface area contributed by atoms with E-state index in [1.807, 2.05) is 12.3 Å². The quantitative estimate of drug-likeness (QED) is 0.434. The van der Waals surface area contributed by atoms with Crippen LogP contribution < -0.4 is 0 Å². The minimum Gasteiger partial charge on any atom is -0.245 e. The molecule has 0 amide bonds. The topological polar surface area (TPSA) is 77.7 Å². The van der Waals surface area contributed by atoms with E-state index < -0.39 is 21.7 Å². The van der Waals surface area contributed by atoms with Crippen LogP contribution in [0.3, 0.4) is 0 Å². The third-order valence-electron chi connectivity index (χ3n) is 4.55. The largest absolute Gasteiger partial charge is 0.435 e. The fourth-order valence-corrected chi connectivity index (χ4v) is 4.32. The number of halogens is 3. The molecule has 0 aliphatic carbocycles. The van der Waals surface area contributed by atoms with Crippen LogP contribution in [0, 0.1) is 6.92 Å². The van der Waals surface area contributed by atoms with Gasteiger partial charge >= 0.3 is 6.18 Å². The number of benzene rings is 1. The Hall–Kier alpha value is -3.05. The fraction of sp³-hybridized carbons (Fsp3) is 0.150. The van der Waals surface area contributed by atoms with Gasteiger partial charge in [0.05, 0.1) is 10.6 Å². The highest BCUT2D eigenvalue weighted by Gasteiger charge is 2.35. The lowest BCUT2D eigenvalue weighted by Gasteiger charge is -2.10. The lowest BCUT2D eigenvalue weighted by molar-refractivity contribution is -0.141. The van der Waals surface area contributed by atoms with Gasteiger partial charge in [0.2, 0.25) is 0 Å². The van der Waals surface area contributed by atoms with Gasteiger partial charge in [0, 0.05) is 35.2 Å². The Morgan fingerprint density at radius 3 is 2.39 bits per heavy atom. The Balaban J connectivity index is 1.84. The summed E-state index contributed by atoms with van der Waals surface area (Å²) in [7, 11) is -3.49. The third-order valence-corrected chi connectivity index (χ3v) is 6.45. The van der Waals surface area contributed by atoms with Crippen LogP contribution in [0.1, 0.15) is 11.3 Å². The predicted octanol–water partition coefficient (Wildman–Crippen LogP) is 4.79. The van der Waals surface area contributed by atoms with E-state index in [9.17, 15) is 21.6 Å². The van der Waals surface area contributed by atoms with E-state index in [0.29, 0.717) is 5.56 Å². The molecular formula is C20H15F3N4O2S2. The van der Waals surface area contributed by atoms with Crippen LogP contribution in [0.25, 0.3) is 27.6 Å². The van der Waals surface area contributed by atoms with Gasteiger partial charge in [0.25, 0.3) is 0 Å². The van der Waals surface area contributed by atoms with Crippen molar-refractivity contribution in [3.63, 3.8) is 0 Å². The zero-order valence-corrected chi connectivity index (χ0v) is 17.9. The number of sulfone groups is 1. The molecule has 0 bridgehead atoms.